The van der Waals surface area contributed by atoms with E-state index in [1.54, 1.807) is 0 Å². The third kappa shape index (κ3) is 6.83. The normalized spacial score (nSPS) is 14.6. The number of carbonyl (C=O) groups is 2. The summed E-state index contributed by atoms with van der Waals surface area (Å²) in [5.74, 6) is 0.433. The van der Waals surface area contributed by atoms with Crippen LogP contribution in [0, 0.1) is 13.8 Å². The Kier molecular flexibility index (Phi) is 7.60. The van der Waals surface area contributed by atoms with Gasteiger partial charge in [0.05, 0.1) is 12.3 Å². The molecule has 154 valence electrons. The van der Waals surface area contributed by atoms with Gasteiger partial charge in [-0.05, 0) is 25.5 Å². The standard InChI is InChI=1S/C21H27N5O2S/c1-16-12-17(2)24-21(23-16)29-15-20(28)26-10-8-25(9-11-26)14-19(27)22-13-18-6-4-3-5-7-18/h3-7,12H,8-11,13-15H2,1-2H3,(H,22,27). The van der Waals surface area contributed by atoms with Crippen molar-refractivity contribution in [2.24, 2.45) is 0 Å². The van der Waals surface area contributed by atoms with Crippen LogP contribution < -0.4 is 5.32 Å². The maximum atomic E-state index is 12.5. The molecule has 0 spiro atoms. The van der Waals surface area contributed by atoms with Gasteiger partial charge in [0.25, 0.3) is 0 Å². The van der Waals surface area contributed by atoms with Gasteiger partial charge in [-0.15, -0.1) is 0 Å². The summed E-state index contributed by atoms with van der Waals surface area (Å²) in [6, 6.07) is 11.8. The number of hydrogen-bond donors (Lipinski definition) is 1. The molecular weight excluding hydrogens is 386 g/mol. The summed E-state index contributed by atoms with van der Waals surface area (Å²) in [5, 5.41) is 3.59. The second-order valence-electron chi connectivity index (χ2n) is 7.14. The predicted octanol–water partition coefficient (Wildman–Crippen LogP) is 1.65. The van der Waals surface area contributed by atoms with Crippen molar-refractivity contribution in [2.75, 3.05) is 38.5 Å². The van der Waals surface area contributed by atoms with Gasteiger partial charge in [-0.25, -0.2) is 9.97 Å². The van der Waals surface area contributed by atoms with Crippen molar-refractivity contribution < 1.29 is 9.59 Å². The van der Waals surface area contributed by atoms with Crippen LogP contribution in [-0.4, -0.2) is 70.1 Å². The first kappa shape index (κ1) is 21.3. The van der Waals surface area contributed by atoms with Crippen LogP contribution in [0.2, 0.25) is 0 Å². The fourth-order valence-corrected chi connectivity index (χ4v) is 4.04. The number of aryl methyl sites for hydroxylation is 2. The Balaban J connectivity index is 1.37. The molecule has 29 heavy (non-hydrogen) atoms. The van der Waals surface area contributed by atoms with Crippen LogP contribution in [0.5, 0.6) is 0 Å². The molecule has 1 aliphatic heterocycles. The summed E-state index contributed by atoms with van der Waals surface area (Å²) in [6.45, 7) is 7.43. The van der Waals surface area contributed by atoms with Crippen molar-refractivity contribution >= 4 is 23.6 Å². The van der Waals surface area contributed by atoms with E-state index in [-0.39, 0.29) is 11.8 Å². The molecule has 1 aliphatic rings. The van der Waals surface area contributed by atoms with Crippen LogP contribution in [-0.2, 0) is 16.1 Å². The van der Waals surface area contributed by atoms with Crippen molar-refractivity contribution in [1.29, 1.82) is 0 Å². The molecule has 0 aliphatic carbocycles. The minimum Gasteiger partial charge on any atom is -0.351 e. The lowest BCUT2D eigenvalue weighted by Gasteiger charge is -2.34. The average molecular weight is 414 g/mol. The summed E-state index contributed by atoms with van der Waals surface area (Å²) < 4.78 is 0. The topological polar surface area (TPSA) is 78.4 Å². The minimum absolute atomic E-state index is 0.0103. The van der Waals surface area contributed by atoms with E-state index in [4.69, 9.17) is 0 Å². The molecule has 2 aromatic rings. The third-order valence-corrected chi connectivity index (χ3v) is 5.54. The van der Waals surface area contributed by atoms with Gasteiger partial charge in [0, 0.05) is 44.1 Å². The lowest BCUT2D eigenvalue weighted by Crippen LogP contribution is -2.51. The van der Waals surface area contributed by atoms with E-state index in [9.17, 15) is 9.59 Å². The molecule has 1 fully saturated rings. The van der Waals surface area contributed by atoms with Gasteiger partial charge in [-0.2, -0.15) is 0 Å². The number of benzene rings is 1. The molecule has 0 bridgehead atoms. The largest absolute Gasteiger partial charge is 0.351 e. The number of nitrogens with zero attached hydrogens (tertiary/aromatic N) is 4. The summed E-state index contributed by atoms with van der Waals surface area (Å²) in [6.07, 6.45) is 0. The molecule has 0 unspecified atom stereocenters. The number of rotatable bonds is 7. The first-order chi connectivity index (χ1) is 14.0. The highest BCUT2D eigenvalue weighted by Gasteiger charge is 2.22. The monoisotopic (exact) mass is 413 g/mol. The second-order valence-corrected chi connectivity index (χ2v) is 8.08. The molecular formula is C21H27N5O2S. The maximum Gasteiger partial charge on any atom is 0.234 e. The highest BCUT2D eigenvalue weighted by Crippen LogP contribution is 2.15. The van der Waals surface area contributed by atoms with E-state index in [1.165, 1.54) is 11.8 Å². The van der Waals surface area contributed by atoms with E-state index in [0.717, 1.165) is 17.0 Å². The van der Waals surface area contributed by atoms with Crippen LogP contribution in [0.3, 0.4) is 0 Å². The number of piperazine rings is 1. The van der Waals surface area contributed by atoms with E-state index >= 15 is 0 Å². The van der Waals surface area contributed by atoms with Crippen LogP contribution in [0.1, 0.15) is 17.0 Å². The van der Waals surface area contributed by atoms with Gasteiger partial charge >= 0.3 is 0 Å². The Labute approximate surface area is 175 Å². The van der Waals surface area contributed by atoms with Gasteiger partial charge in [-0.1, -0.05) is 42.1 Å². The van der Waals surface area contributed by atoms with Gasteiger partial charge in [0.2, 0.25) is 11.8 Å². The highest BCUT2D eigenvalue weighted by molar-refractivity contribution is 7.99. The van der Waals surface area contributed by atoms with Crippen molar-refractivity contribution in [3.8, 4) is 0 Å². The second kappa shape index (κ2) is 10.4. The summed E-state index contributed by atoms with van der Waals surface area (Å²) in [4.78, 5) is 37.3. The smallest absolute Gasteiger partial charge is 0.234 e. The zero-order valence-electron chi connectivity index (χ0n) is 16.9. The van der Waals surface area contributed by atoms with E-state index in [1.807, 2.05) is 55.1 Å². The maximum absolute atomic E-state index is 12.5. The molecule has 1 N–H and O–H groups in total. The number of nitrogens with one attached hydrogen (secondary N) is 1. The first-order valence-electron chi connectivity index (χ1n) is 9.75. The number of amides is 2. The number of carbonyl (C=O) groups excluding carboxylic acids is 2. The molecule has 0 atom stereocenters. The molecule has 2 amide bonds. The Hall–Kier alpha value is -2.45. The molecule has 0 saturated carbocycles. The van der Waals surface area contributed by atoms with Crippen molar-refractivity contribution in [3.63, 3.8) is 0 Å². The van der Waals surface area contributed by atoms with Gasteiger partial charge in [0.1, 0.15) is 0 Å². The first-order valence-corrected chi connectivity index (χ1v) is 10.7. The molecule has 1 aromatic carbocycles. The number of aromatic nitrogens is 2. The lowest BCUT2D eigenvalue weighted by atomic mass is 10.2. The molecule has 1 aromatic heterocycles. The molecule has 2 heterocycles. The molecule has 1 saturated heterocycles. The number of hydrogen-bond acceptors (Lipinski definition) is 6. The van der Waals surface area contributed by atoms with Crippen LogP contribution in [0.25, 0.3) is 0 Å². The van der Waals surface area contributed by atoms with Gasteiger partial charge in [-0.3, -0.25) is 14.5 Å². The van der Waals surface area contributed by atoms with Gasteiger partial charge < -0.3 is 10.2 Å². The summed E-state index contributed by atoms with van der Waals surface area (Å²) in [5.41, 5.74) is 2.90. The SMILES string of the molecule is Cc1cc(C)nc(SCC(=O)N2CCN(CC(=O)NCc3ccccc3)CC2)n1. The fraction of sp³-hybridized carbons (Fsp3) is 0.429. The zero-order valence-corrected chi connectivity index (χ0v) is 17.7. The Morgan fingerprint density at radius 2 is 1.69 bits per heavy atom. The van der Waals surface area contributed by atoms with Crippen LogP contribution in [0.15, 0.2) is 41.6 Å². The third-order valence-electron chi connectivity index (χ3n) is 4.71. The molecule has 3 rings (SSSR count). The van der Waals surface area contributed by atoms with Crippen LogP contribution in [0.4, 0.5) is 0 Å². The Bertz CT molecular complexity index is 818. The highest BCUT2D eigenvalue weighted by atomic mass is 32.2. The van der Waals surface area contributed by atoms with Gasteiger partial charge in [0.15, 0.2) is 5.16 Å². The number of thioether (sulfide) groups is 1. The average Bonchev–Trinajstić information content (AvgIpc) is 2.71. The summed E-state index contributed by atoms with van der Waals surface area (Å²) in [7, 11) is 0. The minimum atomic E-state index is 0.0103. The lowest BCUT2D eigenvalue weighted by molar-refractivity contribution is -0.130. The van der Waals surface area contributed by atoms with Crippen LogP contribution >= 0.6 is 11.8 Å². The zero-order chi connectivity index (χ0) is 20.6. The van der Waals surface area contributed by atoms with E-state index in [0.29, 0.717) is 50.2 Å². The van der Waals surface area contributed by atoms with E-state index < -0.39 is 0 Å². The fourth-order valence-electron chi connectivity index (χ4n) is 3.19. The quantitative estimate of drug-likeness (QED) is 0.549. The Morgan fingerprint density at radius 3 is 2.34 bits per heavy atom. The summed E-state index contributed by atoms with van der Waals surface area (Å²) >= 11 is 1.38. The Morgan fingerprint density at radius 1 is 1.03 bits per heavy atom. The molecule has 8 heteroatoms. The molecule has 7 nitrogen and oxygen atoms in total. The van der Waals surface area contributed by atoms with Crippen molar-refractivity contribution in [3.05, 3.63) is 53.3 Å². The van der Waals surface area contributed by atoms with Crippen molar-refractivity contribution in [1.82, 2.24) is 25.1 Å². The van der Waals surface area contributed by atoms with Crippen molar-refractivity contribution in [2.45, 2.75) is 25.5 Å². The predicted molar refractivity (Wildman–Crippen MR) is 114 cm³/mol. The van der Waals surface area contributed by atoms with E-state index in [2.05, 4.69) is 20.2 Å². The molecule has 0 radical (unpaired) electrons.